The van der Waals surface area contributed by atoms with E-state index in [9.17, 15) is 23.1 Å². The fourth-order valence-electron chi connectivity index (χ4n) is 2.59. The van der Waals surface area contributed by atoms with Crippen LogP contribution in [0.15, 0.2) is 18.2 Å². The maximum absolute atomic E-state index is 14.8. The largest absolute Gasteiger partial charge is 0.481 e. The molecule has 0 aliphatic heterocycles. The Hall–Kier alpha value is -2.08. The average Bonchev–Trinajstić information content (AvgIpc) is 3.27. The molecule has 3 nitrogen and oxygen atoms in total. The molecule has 120 valence electrons. The number of hydrogen-bond donors (Lipinski definition) is 1. The molecule has 1 aromatic carbocycles. The Morgan fingerprint density at radius 1 is 1.22 bits per heavy atom. The van der Waals surface area contributed by atoms with Crippen LogP contribution in [0.2, 0.25) is 5.15 Å². The van der Waals surface area contributed by atoms with Crippen molar-refractivity contribution in [2.24, 2.45) is 0 Å². The first-order chi connectivity index (χ1) is 10.8. The van der Waals surface area contributed by atoms with E-state index in [2.05, 4.69) is 4.98 Å². The molecule has 0 saturated heterocycles. The highest BCUT2D eigenvalue weighted by Gasteiger charge is 2.54. The molecule has 3 rings (SSSR count). The SMILES string of the molecule is Cc1cc(-c2nc(Cl)cc(C3(C(=O)O)CC3)c2F)c(F)cc1F. The van der Waals surface area contributed by atoms with Gasteiger partial charge < -0.3 is 5.11 Å². The smallest absolute Gasteiger partial charge is 0.314 e. The van der Waals surface area contributed by atoms with Crippen molar-refractivity contribution in [3.63, 3.8) is 0 Å². The van der Waals surface area contributed by atoms with Crippen molar-refractivity contribution in [2.45, 2.75) is 25.2 Å². The van der Waals surface area contributed by atoms with E-state index in [-0.39, 0.29) is 34.7 Å². The molecule has 2 aromatic rings. The molecule has 1 fully saturated rings. The van der Waals surface area contributed by atoms with E-state index >= 15 is 0 Å². The van der Waals surface area contributed by atoms with Crippen LogP contribution < -0.4 is 0 Å². The van der Waals surface area contributed by atoms with E-state index in [0.717, 1.165) is 12.1 Å². The van der Waals surface area contributed by atoms with Gasteiger partial charge in [-0.25, -0.2) is 18.2 Å². The van der Waals surface area contributed by atoms with Crippen LogP contribution in [-0.2, 0) is 10.2 Å². The van der Waals surface area contributed by atoms with Gasteiger partial charge in [-0.1, -0.05) is 11.6 Å². The van der Waals surface area contributed by atoms with E-state index in [1.165, 1.54) is 6.92 Å². The van der Waals surface area contributed by atoms with Gasteiger partial charge in [0.1, 0.15) is 22.5 Å². The summed E-state index contributed by atoms with van der Waals surface area (Å²) in [6, 6.07) is 2.91. The van der Waals surface area contributed by atoms with Crippen LogP contribution in [0.5, 0.6) is 0 Å². The van der Waals surface area contributed by atoms with Crippen LogP contribution in [0.3, 0.4) is 0 Å². The molecule has 1 saturated carbocycles. The summed E-state index contributed by atoms with van der Waals surface area (Å²) < 4.78 is 42.2. The summed E-state index contributed by atoms with van der Waals surface area (Å²) >= 11 is 5.87. The van der Waals surface area contributed by atoms with Gasteiger partial charge in [-0.15, -0.1) is 0 Å². The summed E-state index contributed by atoms with van der Waals surface area (Å²) in [5, 5.41) is 9.17. The van der Waals surface area contributed by atoms with Crippen molar-refractivity contribution < 1.29 is 23.1 Å². The van der Waals surface area contributed by atoms with Crippen molar-refractivity contribution in [3.8, 4) is 11.3 Å². The lowest BCUT2D eigenvalue weighted by atomic mass is 9.94. The molecule has 0 spiro atoms. The van der Waals surface area contributed by atoms with Crippen molar-refractivity contribution in [3.05, 3.63) is 51.9 Å². The summed E-state index contributed by atoms with van der Waals surface area (Å²) in [5.41, 5.74) is -2.03. The van der Waals surface area contributed by atoms with Crippen molar-refractivity contribution in [1.82, 2.24) is 4.98 Å². The second kappa shape index (κ2) is 5.23. The van der Waals surface area contributed by atoms with Crippen LogP contribution in [0.25, 0.3) is 11.3 Å². The van der Waals surface area contributed by atoms with Gasteiger partial charge in [0, 0.05) is 17.2 Å². The Kier molecular flexibility index (Phi) is 3.59. The molecule has 23 heavy (non-hydrogen) atoms. The monoisotopic (exact) mass is 341 g/mol. The number of nitrogens with zero attached hydrogens (tertiary/aromatic N) is 1. The highest BCUT2D eigenvalue weighted by atomic mass is 35.5. The van der Waals surface area contributed by atoms with Crippen LogP contribution >= 0.6 is 11.6 Å². The number of aryl methyl sites for hydroxylation is 1. The van der Waals surface area contributed by atoms with E-state index in [4.69, 9.17) is 11.6 Å². The predicted octanol–water partition coefficient (Wildman–Crippen LogP) is 4.24. The molecular weight excluding hydrogens is 331 g/mol. The predicted molar refractivity (Wildman–Crippen MR) is 77.8 cm³/mol. The fourth-order valence-corrected chi connectivity index (χ4v) is 2.78. The van der Waals surface area contributed by atoms with E-state index in [0.29, 0.717) is 6.07 Å². The second-order valence-corrected chi connectivity index (χ2v) is 6.01. The van der Waals surface area contributed by atoms with Gasteiger partial charge >= 0.3 is 5.97 Å². The van der Waals surface area contributed by atoms with Gasteiger partial charge in [0.2, 0.25) is 0 Å². The number of halogens is 4. The number of aromatic nitrogens is 1. The Balaban J connectivity index is 2.25. The quantitative estimate of drug-likeness (QED) is 0.849. The van der Waals surface area contributed by atoms with E-state index in [1.807, 2.05) is 0 Å². The molecule has 0 bridgehead atoms. The van der Waals surface area contributed by atoms with Crippen molar-refractivity contribution in [2.75, 3.05) is 0 Å². The first kappa shape index (κ1) is 15.8. The molecule has 1 aliphatic carbocycles. The first-order valence-electron chi connectivity index (χ1n) is 6.82. The Labute approximate surface area is 134 Å². The Morgan fingerprint density at radius 2 is 1.87 bits per heavy atom. The number of carboxylic acids is 1. The third-order valence-electron chi connectivity index (χ3n) is 4.10. The van der Waals surface area contributed by atoms with E-state index < -0.39 is 34.5 Å². The standard InChI is InChI=1S/C16H11ClF3NO2/c1-7-4-8(11(19)6-10(7)18)14-13(20)9(5-12(17)21-14)16(2-3-16)15(22)23/h4-6H,2-3H2,1H3,(H,22,23). The fraction of sp³-hybridized carbons (Fsp3) is 0.250. The molecule has 1 aliphatic rings. The minimum absolute atomic E-state index is 0.114. The number of rotatable bonds is 3. The molecule has 0 radical (unpaired) electrons. The molecule has 7 heteroatoms. The maximum atomic E-state index is 14.8. The van der Waals surface area contributed by atoms with Crippen molar-refractivity contribution in [1.29, 1.82) is 0 Å². The zero-order valence-corrected chi connectivity index (χ0v) is 12.7. The number of hydrogen-bond acceptors (Lipinski definition) is 2. The Morgan fingerprint density at radius 3 is 2.43 bits per heavy atom. The Bertz CT molecular complexity index is 835. The maximum Gasteiger partial charge on any atom is 0.314 e. The minimum Gasteiger partial charge on any atom is -0.481 e. The number of carboxylic acid groups (broad SMARTS) is 1. The molecule has 1 heterocycles. The summed E-state index contributed by atoms with van der Waals surface area (Å²) in [6.07, 6.45) is 0.536. The van der Waals surface area contributed by atoms with Gasteiger partial charge in [0.15, 0.2) is 5.82 Å². The normalized spacial score (nSPS) is 15.5. The van der Waals surface area contributed by atoms with Gasteiger partial charge in [-0.3, -0.25) is 4.79 Å². The van der Waals surface area contributed by atoms with E-state index in [1.54, 1.807) is 0 Å². The van der Waals surface area contributed by atoms with Crippen molar-refractivity contribution >= 4 is 17.6 Å². The molecule has 0 amide bonds. The summed E-state index contributed by atoms with van der Waals surface area (Å²) in [6.45, 7) is 1.40. The third-order valence-corrected chi connectivity index (χ3v) is 4.30. The van der Waals surface area contributed by atoms with Crippen LogP contribution in [0.1, 0.15) is 24.0 Å². The molecule has 1 aromatic heterocycles. The summed E-state index contributed by atoms with van der Waals surface area (Å²) in [5.74, 6) is -3.87. The average molecular weight is 342 g/mol. The highest BCUT2D eigenvalue weighted by molar-refractivity contribution is 6.29. The number of benzene rings is 1. The lowest BCUT2D eigenvalue weighted by molar-refractivity contribution is -0.140. The minimum atomic E-state index is -1.35. The molecule has 1 N–H and O–H groups in total. The summed E-state index contributed by atoms with van der Waals surface area (Å²) in [4.78, 5) is 15.2. The highest BCUT2D eigenvalue weighted by Crippen LogP contribution is 2.50. The lowest BCUT2D eigenvalue weighted by Crippen LogP contribution is -2.21. The second-order valence-electron chi connectivity index (χ2n) is 5.62. The van der Waals surface area contributed by atoms with Gasteiger partial charge in [-0.05, 0) is 37.5 Å². The zero-order valence-electron chi connectivity index (χ0n) is 12.0. The third kappa shape index (κ3) is 2.47. The van der Waals surface area contributed by atoms with Crippen LogP contribution in [0, 0.1) is 24.4 Å². The molecular formula is C16H11ClF3NO2. The summed E-state index contributed by atoms with van der Waals surface area (Å²) in [7, 11) is 0. The van der Waals surface area contributed by atoms with Gasteiger partial charge in [0.25, 0.3) is 0 Å². The number of aliphatic carboxylic acids is 1. The zero-order chi connectivity index (χ0) is 16.9. The first-order valence-corrected chi connectivity index (χ1v) is 7.20. The topological polar surface area (TPSA) is 50.2 Å². The number of pyridine rings is 1. The van der Waals surface area contributed by atoms with Gasteiger partial charge in [0.05, 0.1) is 5.41 Å². The van der Waals surface area contributed by atoms with Gasteiger partial charge in [-0.2, -0.15) is 0 Å². The lowest BCUT2D eigenvalue weighted by Gasteiger charge is -2.15. The molecule has 0 atom stereocenters. The molecule has 0 unspecified atom stereocenters. The number of carbonyl (C=O) groups is 1. The van der Waals surface area contributed by atoms with Crippen LogP contribution in [-0.4, -0.2) is 16.1 Å². The van der Waals surface area contributed by atoms with Crippen LogP contribution in [0.4, 0.5) is 13.2 Å².